The van der Waals surface area contributed by atoms with Gasteiger partial charge in [-0.1, -0.05) is 23.2 Å². The molecule has 2 heterocycles. The number of rotatable bonds is 3. The van der Waals surface area contributed by atoms with Crippen LogP contribution < -0.4 is 10.5 Å². The first-order valence-corrected chi connectivity index (χ1v) is 6.81. The largest absolute Gasteiger partial charge is 0.486 e. The number of hydrogen-bond donors (Lipinski definition) is 1. The molecular weight excluding hydrogens is 313 g/mol. The predicted molar refractivity (Wildman–Crippen MR) is 81.5 cm³/mol. The minimum absolute atomic E-state index is 0.155. The van der Waals surface area contributed by atoms with Crippen LogP contribution in [0, 0.1) is 0 Å². The minimum atomic E-state index is 0.155. The van der Waals surface area contributed by atoms with Crippen molar-refractivity contribution in [1.82, 2.24) is 19.7 Å². The van der Waals surface area contributed by atoms with Crippen LogP contribution in [0.5, 0.6) is 5.75 Å². The molecule has 0 atom stereocenters. The summed E-state index contributed by atoms with van der Waals surface area (Å²) in [6, 6.07) is 4.96. The molecule has 0 saturated carbocycles. The van der Waals surface area contributed by atoms with Crippen LogP contribution in [0.25, 0.3) is 11.0 Å². The third kappa shape index (κ3) is 2.86. The third-order valence-corrected chi connectivity index (χ3v) is 3.31. The lowest BCUT2D eigenvalue weighted by atomic mass is 10.3. The second kappa shape index (κ2) is 5.38. The van der Waals surface area contributed by atoms with E-state index < -0.39 is 0 Å². The molecule has 108 valence electrons. The van der Waals surface area contributed by atoms with Crippen molar-refractivity contribution in [1.29, 1.82) is 0 Å². The fraction of sp³-hybridized carbons (Fsp3) is 0.154. The standard InChI is InChI=1S/C13H11Cl2N5O/c1-20-13-10(5-17-20)12(16)18-11(19-13)6-21-9-3-7(14)2-8(15)4-9/h2-5H,6H2,1H3,(H2,16,18,19). The van der Waals surface area contributed by atoms with Crippen molar-refractivity contribution in [3.05, 3.63) is 40.3 Å². The second-order valence-electron chi connectivity index (χ2n) is 4.42. The Kier molecular flexibility index (Phi) is 3.57. The SMILES string of the molecule is Cn1ncc2c(N)nc(COc3cc(Cl)cc(Cl)c3)nc21. The molecule has 21 heavy (non-hydrogen) atoms. The molecule has 0 bridgehead atoms. The van der Waals surface area contributed by atoms with Crippen LogP contribution in [0.1, 0.15) is 5.82 Å². The van der Waals surface area contributed by atoms with E-state index in [1.54, 1.807) is 36.1 Å². The molecule has 6 nitrogen and oxygen atoms in total. The van der Waals surface area contributed by atoms with Gasteiger partial charge in [-0.2, -0.15) is 5.10 Å². The number of fused-ring (bicyclic) bond motifs is 1. The zero-order valence-electron chi connectivity index (χ0n) is 11.0. The van der Waals surface area contributed by atoms with Gasteiger partial charge in [0.25, 0.3) is 0 Å². The summed E-state index contributed by atoms with van der Waals surface area (Å²) in [5.74, 6) is 1.37. The first-order chi connectivity index (χ1) is 10.0. The molecule has 0 aliphatic heterocycles. The van der Waals surface area contributed by atoms with Crippen molar-refractivity contribution in [2.24, 2.45) is 7.05 Å². The summed E-state index contributed by atoms with van der Waals surface area (Å²) in [6.45, 7) is 0.155. The van der Waals surface area contributed by atoms with Crippen LogP contribution in [0.15, 0.2) is 24.4 Å². The maximum atomic E-state index is 5.91. The van der Waals surface area contributed by atoms with Crippen molar-refractivity contribution in [2.75, 3.05) is 5.73 Å². The highest BCUT2D eigenvalue weighted by Gasteiger charge is 2.10. The normalized spacial score (nSPS) is 11.0. The van der Waals surface area contributed by atoms with E-state index in [-0.39, 0.29) is 6.61 Å². The Hall–Kier alpha value is -2.05. The van der Waals surface area contributed by atoms with Gasteiger partial charge < -0.3 is 10.5 Å². The van der Waals surface area contributed by atoms with Crippen molar-refractivity contribution >= 4 is 40.1 Å². The summed E-state index contributed by atoms with van der Waals surface area (Å²) in [4.78, 5) is 8.57. The fourth-order valence-electron chi connectivity index (χ4n) is 1.92. The molecule has 0 saturated heterocycles. The Balaban J connectivity index is 1.86. The van der Waals surface area contributed by atoms with Gasteiger partial charge in [0, 0.05) is 17.1 Å². The van der Waals surface area contributed by atoms with E-state index in [0.717, 1.165) is 0 Å². The molecule has 0 fully saturated rings. The van der Waals surface area contributed by atoms with E-state index >= 15 is 0 Å². The number of anilines is 1. The highest BCUT2D eigenvalue weighted by atomic mass is 35.5. The van der Waals surface area contributed by atoms with Crippen LogP contribution in [0.3, 0.4) is 0 Å². The molecule has 8 heteroatoms. The lowest BCUT2D eigenvalue weighted by Gasteiger charge is -2.07. The summed E-state index contributed by atoms with van der Waals surface area (Å²) in [6.07, 6.45) is 1.63. The Morgan fingerprint density at radius 3 is 2.62 bits per heavy atom. The number of aromatic nitrogens is 4. The summed E-state index contributed by atoms with van der Waals surface area (Å²) >= 11 is 11.8. The molecule has 0 aliphatic carbocycles. The van der Waals surface area contributed by atoms with E-state index in [9.17, 15) is 0 Å². The van der Waals surface area contributed by atoms with Crippen LogP contribution >= 0.6 is 23.2 Å². The topological polar surface area (TPSA) is 78.9 Å². The van der Waals surface area contributed by atoms with Crippen LogP contribution in [0.4, 0.5) is 5.82 Å². The average Bonchev–Trinajstić information content (AvgIpc) is 2.78. The van der Waals surface area contributed by atoms with E-state index in [2.05, 4.69) is 15.1 Å². The zero-order chi connectivity index (χ0) is 15.0. The molecule has 1 aromatic carbocycles. The Bertz CT molecular complexity index is 797. The Morgan fingerprint density at radius 2 is 1.90 bits per heavy atom. The van der Waals surface area contributed by atoms with Gasteiger partial charge in [-0.15, -0.1) is 0 Å². The number of ether oxygens (including phenoxy) is 1. The van der Waals surface area contributed by atoms with Crippen molar-refractivity contribution in [3.8, 4) is 5.75 Å². The first kappa shape index (κ1) is 13.9. The lowest BCUT2D eigenvalue weighted by Crippen LogP contribution is -2.06. The quantitative estimate of drug-likeness (QED) is 0.801. The molecular formula is C13H11Cl2N5O. The van der Waals surface area contributed by atoms with Gasteiger partial charge in [-0.25, -0.2) is 9.97 Å². The monoisotopic (exact) mass is 323 g/mol. The fourth-order valence-corrected chi connectivity index (χ4v) is 2.42. The van der Waals surface area contributed by atoms with E-state index in [1.165, 1.54) is 0 Å². The molecule has 3 aromatic rings. The van der Waals surface area contributed by atoms with Gasteiger partial charge in [0.05, 0.1) is 11.6 Å². The summed E-state index contributed by atoms with van der Waals surface area (Å²) in [7, 11) is 1.79. The predicted octanol–water partition coefficient (Wildman–Crippen LogP) is 2.83. The Labute approximate surface area is 130 Å². The molecule has 0 amide bonds. The van der Waals surface area contributed by atoms with Gasteiger partial charge in [0.1, 0.15) is 18.2 Å². The first-order valence-electron chi connectivity index (χ1n) is 6.06. The van der Waals surface area contributed by atoms with Crippen molar-refractivity contribution in [3.63, 3.8) is 0 Å². The van der Waals surface area contributed by atoms with Crippen LogP contribution in [-0.4, -0.2) is 19.7 Å². The smallest absolute Gasteiger partial charge is 0.170 e. The highest BCUT2D eigenvalue weighted by Crippen LogP contribution is 2.25. The number of hydrogen-bond acceptors (Lipinski definition) is 5. The molecule has 3 rings (SSSR count). The van der Waals surface area contributed by atoms with Crippen molar-refractivity contribution in [2.45, 2.75) is 6.61 Å². The highest BCUT2D eigenvalue weighted by molar-refractivity contribution is 6.34. The van der Waals surface area contributed by atoms with E-state index in [0.29, 0.717) is 38.5 Å². The molecule has 0 spiro atoms. The average molecular weight is 324 g/mol. The summed E-state index contributed by atoms with van der Waals surface area (Å²) in [5.41, 5.74) is 6.54. The number of halogens is 2. The molecule has 2 N–H and O–H groups in total. The molecule has 2 aromatic heterocycles. The summed E-state index contributed by atoms with van der Waals surface area (Å²) in [5, 5.41) is 5.81. The van der Waals surface area contributed by atoms with E-state index in [1.807, 2.05) is 0 Å². The van der Waals surface area contributed by atoms with Crippen LogP contribution in [-0.2, 0) is 13.7 Å². The lowest BCUT2D eigenvalue weighted by molar-refractivity contribution is 0.296. The van der Waals surface area contributed by atoms with Crippen LogP contribution in [0.2, 0.25) is 10.0 Å². The maximum Gasteiger partial charge on any atom is 0.170 e. The number of nitrogens with two attached hydrogens (primary N) is 1. The maximum absolute atomic E-state index is 5.91. The number of nitrogen functional groups attached to an aromatic ring is 1. The number of aryl methyl sites for hydroxylation is 1. The molecule has 0 unspecified atom stereocenters. The van der Waals surface area contributed by atoms with Gasteiger partial charge in [0.2, 0.25) is 0 Å². The molecule has 0 aliphatic rings. The van der Waals surface area contributed by atoms with Gasteiger partial charge in [0.15, 0.2) is 11.5 Å². The van der Waals surface area contributed by atoms with Gasteiger partial charge in [-0.3, -0.25) is 4.68 Å². The second-order valence-corrected chi connectivity index (χ2v) is 5.30. The number of nitrogens with zero attached hydrogens (tertiary/aromatic N) is 4. The van der Waals surface area contributed by atoms with Gasteiger partial charge >= 0.3 is 0 Å². The Morgan fingerprint density at radius 1 is 1.19 bits per heavy atom. The number of benzene rings is 1. The summed E-state index contributed by atoms with van der Waals surface area (Å²) < 4.78 is 7.23. The zero-order valence-corrected chi connectivity index (χ0v) is 12.6. The van der Waals surface area contributed by atoms with Gasteiger partial charge in [-0.05, 0) is 18.2 Å². The third-order valence-electron chi connectivity index (χ3n) is 2.87. The van der Waals surface area contributed by atoms with Crippen molar-refractivity contribution < 1.29 is 4.74 Å². The van der Waals surface area contributed by atoms with E-state index in [4.69, 9.17) is 33.7 Å². The minimum Gasteiger partial charge on any atom is -0.486 e. The molecule has 0 radical (unpaired) electrons.